The predicted molar refractivity (Wildman–Crippen MR) is 105 cm³/mol. The van der Waals surface area contributed by atoms with Crippen LogP contribution in [-0.2, 0) is 0 Å². The molecule has 0 aliphatic carbocycles. The van der Waals surface area contributed by atoms with E-state index in [9.17, 15) is 9.18 Å². The molecule has 4 nitrogen and oxygen atoms in total. The number of halogens is 2. The van der Waals surface area contributed by atoms with Gasteiger partial charge in [-0.2, -0.15) is 0 Å². The van der Waals surface area contributed by atoms with Crippen molar-refractivity contribution in [3.63, 3.8) is 0 Å². The van der Waals surface area contributed by atoms with Crippen LogP contribution in [0.15, 0.2) is 42.5 Å². The Morgan fingerprint density at radius 1 is 1.25 bits per heavy atom. The number of thiocarbonyl (C=S) groups is 1. The second-order valence-corrected chi connectivity index (χ2v) is 6.88. The van der Waals surface area contributed by atoms with Crippen molar-refractivity contribution in [1.29, 1.82) is 0 Å². The van der Waals surface area contributed by atoms with Crippen LogP contribution in [0.4, 0.5) is 10.1 Å². The molecule has 2 rings (SSSR count). The molecule has 126 valence electrons. The molecule has 0 unspecified atom stereocenters. The van der Waals surface area contributed by atoms with E-state index in [4.69, 9.17) is 17.0 Å². The van der Waals surface area contributed by atoms with Gasteiger partial charge in [-0.25, -0.2) is 4.39 Å². The Morgan fingerprint density at radius 3 is 2.67 bits per heavy atom. The lowest BCUT2D eigenvalue weighted by Crippen LogP contribution is -2.34. The maximum absolute atomic E-state index is 13.8. The van der Waals surface area contributed by atoms with Crippen LogP contribution < -0.4 is 15.4 Å². The van der Waals surface area contributed by atoms with Gasteiger partial charge < -0.3 is 10.1 Å². The van der Waals surface area contributed by atoms with E-state index in [2.05, 4.69) is 10.6 Å². The fourth-order valence-corrected chi connectivity index (χ4v) is 2.56. The Hall–Kier alpha value is -1.74. The zero-order valence-electron chi connectivity index (χ0n) is 13.1. The van der Waals surface area contributed by atoms with Crippen LogP contribution in [-0.4, -0.2) is 17.1 Å². The summed E-state index contributed by atoms with van der Waals surface area (Å²) in [5.41, 5.74) is 0.609. The van der Waals surface area contributed by atoms with Crippen LogP contribution in [0.5, 0.6) is 5.75 Å². The van der Waals surface area contributed by atoms with E-state index < -0.39 is 11.7 Å². The molecule has 2 N–H and O–H groups in total. The van der Waals surface area contributed by atoms with Gasteiger partial charge in [0.25, 0.3) is 5.91 Å². The maximum atomic E-state index is 13.8. The standard InChI is InChI=1S/C17H16FIN2O2S/c1-10(2)23-13-5-3-4-11(8-13)16(22)21-17(24)20-15-7-6-12(19)9-14(15)18/h3-10H,1-2H3,(H2,20,21,22,24). The lowest BCUT2D eigenvalue weighted by Gasteiger charge is -2.12. The van der Waals surface area contributed by atoms with E-state index in [0.29, 0.717) is 11.3 Å². The summed E-state index contributed by atoms with van der Waals surface area (Å²) < 4.78 is 20.1. The maximum Gasteiger partial charge on any atom is 0.257 e. The van der Waals surface area contributed by atoms with Crippen molar-refractivity contribution in [3.05, 3.63) is 57.4 Å². The van der Waals surface area contributed by atoms with E-state index in [0.717, 1.165) is 3.57 Å². The van der Waals surface area contributed by atoms with Crippen molar-refractivity contribution >= 4 is 51.5 Å². The zero-order valence-corrected chi connectivity index (χ0v) is 16.1. The Balaban J connectivity index is 2.02. The molecule has 0 fully saturated rings. The monoisotopic (exact) mass is 458 g/mol. The Kier molecular flexibility index (Phi) is 6.50. The summed E-state index contributed by atoms with van der Waals surface area (Å²) in [5, 5.41) is 5.22. The summed E-state index contributed by atoms with van der Waals surface area (Å²) in [6.45, 7) is 3.81. The summed E-state index contributed by atoms with van der Waals surface area (Å²) in [6.07, 6.45) is 0.00917. The summed E-state index contributed by atoms with van der Waals surface area (Å²) in [7, 11) is 0. The normalized spacial score (nSPS) is 10.4. The van der Waals surface area contributed by atoms with Crippen molar-refractivity contribution in [2.24, 2.45) is 0 Å². The molecule has 2 aromatic carbocycles. The largest absolute Gasteiger partial charge is 0.491 e. The van der Waals surface area contributed by atoms with E-state index in [1.165, 1.54) is 6.07 Å². The minimum absolute atomic E-state index is 0.00917. The van der Waals surface area contributed by atoms with Crippen LogP contribution in [0.1, 0.15) is 24.2 Å². The number of anilines is 1. The molecular weight excluding hydrogens is 442 g/mol. The number of carbonyl (C=O) groups is 1. The average Bonchev–Trinajstić information content (AvgIpc) is 2.49. The van der Waals surface area contributed by atoms with Crippen LogP contribution >= 0.6 is 34.8 Å². The van der Waals surface area contributed by atoms with E-state index in [1.807, 2.05) is 36.4 Å². The van der Waals surface area contributed by atoms with Gasteiger partial charge in [-0.15, -0.1) is 0 Å². The first-order valence-corrected chi connectivity index (χ1v) is 8.68. The van der Waals surface area contributed by atoms with Crippen molar-refractivity contribution in [2.75, 3.05) is 5.32 Å². The highest BCUT2D eigenvalue weighted by atomic mass is 127. The zero-order chi connectivity index (χ0) is 17.7. The first-order valence-electron chi connectivity index (χ1n) is 7.19. The third kappa shape index (κ3) is 5.41. The third-order valence-electron chi connectivity index (χ3n) is 2.87. The molecule has 0 bridgehead atoms. The minimum atomic E-state index is -0.439. The molecular formula is C17H16FIN2O2S. The molecule has 0 heterocycles. The van der Waals surface area contributed by atoms with Crippen molar-refractivity contribution in [1.82, 2.24) is 5.32 Å². The highest BCUT2D eigenvalue weighted by Gasteiger charge is 2.11. The summed E-state index contributed by atoms with van der Waals surface area (Å²) >= 11 is 7.08. The molecule has 7 heteroatoms. The SMILES string of the molecule is CC(C)Oc1cccc(C(=O)NC(=S)Nc2ccc(I)cc2F)c1. The Labute approximate surface area is 158 Å². The summed E-state index contributed by atoms with van der Waals surface area (Å²) in [4.78, 5) is 12.2. The van der Waals surface area contributed by atoms with Crippen LogP contribution in [0.25, 0.3) is 0 Å². The molecule has 0 radical (unpaired) electrons. The summed E-state index contributed by atoms with van der Waals surface area (Å²) in [5.74, 6) is -0.237. The second-order valence-electron chi connectivity index (χ2n) is 5.23. The Morgan fingerprint density at radius 2 is 2.00 bits per heavy atom. The van der Waals surface area contributed by atoms with Crippen LogP contribution in [0.3, 0.4) is 0 Å². The van der Waals surface area contributed by atoms with Gasteiger partial charge in [-0.1, -0.05) is 6.07 Å². The summed E-state index contributed by atoms with van der Waals surface area (Å²) in [6, 6.07) is 11.5. The van der Waals surface area contributed by atoms with Crippen LogP contribution in [0, 0.1) is 9.39 Å². The first-order chi connectivity index (χ1) is 11.3. The fraction of sp³-hybridized carbons (Fsp3) is 0.176. The lowest BCUT2D eigenvalue weighted by atomic mass is 10.2. The van der Waals surface area contributed by atoms with Crippen molar-refractivity contribution in [3.8, 4) is 5.75 Å². The van der Waals surface area contributed by atoms with Crippen LogP contribution in [0.2, 0.25) is 0 Å². The van der Waals surface area contributed by atoms with Gasteiger partial charge in [0.05, 0.1) is 11.8 Å². The molecule has 24 heavy (non-hydrogen) atoms. The number of ether oxygens (including phenoxy) is 1. The molecule has 1 amide bonds. The molecule has 0 aromatic heterocycles. The number of rotatable bonds is 4. The van der Waals surface area contributed by atoms with E-state index in [-0.39, 0.29) is 16.9 Å². The van der Waals surface area contributed by atoms with Gasteiger partial charge in [0, 0.05) is 9.13 Å². The van der Waals surface area contributed by atoms with Gasteiger partial charge in [-0.3, -0.25) is 10.1 Å². The molecule has 0 spiro atoms. The molecule has 0 saturated carbocycles. The quantitative estimate of drug-likeness (QED) is 0.529. The number of benzene rings is 2. The van der Waals surface area contributed by atoms with Gasteiger partial charge >= 0.3 is 0 Å². The Bertz CT molecular complexity index is 768. The van der Waals surface area contributed by atoms with E-state index >= 15 is 0 Å². The highest BCUT2D eigenvalue weighted by molar-refractivity contribution is 14.1. The second kappa shape index (κ2) is 8.39. The number of amides is 1. The minimum Gasteiger partial charge on any atom is -0.491 e. The lowest BCUT2D eigenvalue weighted by molar-refractivity contribution is 0.0977. The van der Waals surface area contributed by atoms with Crippen molar-refractivity contribution < 1.29 is 13.9 Å². The highest BCUT2D eigenvalue weighted by Crippen LogP contribution is 2.17. The van der Waals surface area contributed by atoms with Crippen molar-refractivity contribution in [2.45, 2.75) is 20.0 Å². The first kappa shape index (κ1) is 18.6. The number of hydrogen-bond acceptors (Lipinski definition) is 3. The predicted octanol–water partition coefficient (Wildman–Crippen LogP) is 4.34. The van der Waals surface area contributed by atoms with Gasteiger partial charge in [-0.05, 0) is 85.1 Å². The smallest absolute Gasteiger partial charge is 0.257 e. The number of carbonyl (C=O) groups excluding carboxylic acids is 1. The topological polar surface area (TPSA) is 50.4 Å². The molecule has 0 atom stereocenters. The molecule has 0 saturated heterocycles. The molecule has 2 aromatic rings. The van der Waals surface area contributed by atoms with Gasteiger partial charge in [0.1, 0.15) is 11.6 Å². The number of hydrogen-bond donors (Lipinski definition) is 2. The average molecular weight is 458 g/mol. The van der Waals surface area contributed by atoms with Gasteiger partial charge in [0.15, 0.2) is 5.11 Å². The molecule has 0 aliphatic rings. The number of nitrogens with one attached hydrogen (secondary N) is 2. The fourth-order valence-electron chi connectivity index (χ4n) is 1.90. The third-order valence-corrected chi connectivity index (χ3v) is 3.75. The van der Waals surface area contributed by atoms with Gasteiger partial charge in [0.2, 0.25) is 0 Å². The van der Waals surface area contributed by atoms with E-state index in [1.54, 1.807) is 36.4 Å². The molecule has 0 aliphatic heterocycles.